The highest BCUT2D eigenvalue weighted by Gasteiger charge is 2.30. The van der Waals surface area contributed by atoms with E-state index < -0.39 is 0 Å². The summed E-state index contributed by atoms with van der Waals surface area (Å²) in [6.45, 7) is 4.22. The zero-order valence-corrected chi connectivity index (χ0v) is 11.6. The van der Waals surface area contributed by atoms with Crippen molar-refractivity contribution in [1.29, 1.82) is 0 Å². The summed E-state index contributed by atoms with van der Waals surface area (Å²) in [6.07, 6.45) is 1.13. The molecule has 2 heterocycles. The average molecular weight is 271 g/mol. The molecular formula is C15H17N3O2. The Balaban J connectivity index is 1.94. The number of hydrogen-bond acceptors (Lipinski definition) is 4. The molecule has 5 nitrogen and oxygen atoms in total. The predicted molar refractivity (Wildman–Crippen MR) is 74.4 cm³/mol. The molecular weight excluding hydrogens is 254 g/mol. The maximum atomic E-state index is 11.8. The lowest BCUT2D eigenvalue weighted by molar-refractivity contribution is -0.116. The number of carbonyl (C=O) groups excluding carboxylic acids is 1. The fraction of sp³-hybridized carbons (Fsp3) is 0.400. The summed E-state index contributed by atoms with van der Waals surface area (Å²) in [5, 5.41) is 6.88. The van der Waals surface area contributed by atoms with Crippen molar-refractivity contribution < 1.29 is 9.32 Å². The number of para-hydroxylation sites is 1. The Morgan fingerprint density at radius 2 is 2.20 bits per heavy atom. The van der Waals surface area contributed by atoms with Crippen LogP contribution in [0.3, 0.4) is 0 Å². The van der Waals surface area contributed by atoms with Crippen LogP contribution in [-0.2, 0) is 11.2 Å². The molecule has 0 bridgehead atoms. The van der Waals surface area contributed by atoms with Crippen molar-refractivity contribution in [2.45, 2.75) is 32.6 Å². The molecule has 1 aliphatic heterocycles. The largest absolute Gasteiger partial charge is 0.339 e. The monoisotopic (exact) mass is 271 g/mol. The predicted octanol–water partition coefficient (Wildman–Crippen LogP) is 2.74. The second kappa shape index (κ2) is 5.07. The lowest BCUT2D eigenvalue weighted by atomic mass is 9.90. The third-order valence-corrected chi connectivity index (χ3v) is 3.37. The highest BCUT2D eigenvalue weighted by atomic mass is 16.5. The van der Waals surface area contributed by atoms with Gasteiger partial charge < -0.3 is 9.84 Å². The quantitative estimate of drug-likeness (QED) is 0.932. The smallest absolute Gasteiger partial charge is 0.234 e. The number of carbonyl (C=O) groups is 1. The van der Waals surface area contributed by atoms with Gasteiger partial charge in [0.25, 0.3) is 0 Å². The highest BCUT2D eigenvalue weighted by Crippen LogP contribution is 2.35. The van der Waals surface area contributed by atoms with Crippen LogP contribution in [0.25, 0.3) is 0 Å². The first-order valence-electron chi connectivity index (χ1n) is 6.84. The number of amides is 1. The van der Waals surface area contributed by atoms with Gasteiger partial charge in [0.2, 0.25) is 11.8 Å². The van der Waals surface area contributed by atoms with Gasteiger partial charge in [-0.1, -0.05) is 37.2 Å². The van der Waals surface area contributed by atoms with Crippen LogP contribution in [0.4, 0.5) is 5.69 Å². The molecule has 0 aliphatic carbocycles. The Kier molecular flexibility index (Phi) is 3.26. The molecule has 1 aromatic carbocycles. The number of hydrogen-bond donors (Lipinski definition) is 1. The molecule has 5 heteroatoms. The van der Waals surface area contributed by atoms with Gasteiger partial charge in [-0.3, -0.25) is 4.79 Å². The SMILES string of the molecule is CC(C)Cc1noc([C@H]2CC(=O)Nc3ccccc32)n1. The number of rotatable bonds is 3. The van der Waals surface area contributed by atoms with Crippen LogP contribution >= 0.6 is 0 Å². The van der Waals surface area contributed by atoms with Crippen molar-refractivity contribution in [3.8, 4) is 0 Å². The molecule has 0 unspecified atom stereocenters. The van der Waals surface area contributed by atoms with Crippen LogP contribution in [0.15, 0.2) is 28.8 Å². The van der Waals surface area contributed by atoms with Crippen molar-refractivity contribution in [3.05, 3.63) is 41.5 Å². The number of nitrogens with zero attached hydrogens (tertiary/aromatic N) is 2. The van der Waals surface area contributed by atoms with E-state index >= 15 is 0 Å². The Bertz CT molecular complexity index is 634. The van der Waals surface area contributed by atoms with E-state index in [9.17, 15) is 4.79 Å². The van der Waals surface area contributed by atoms with Gasteiger partial charge in [-0.05, 0) is 17.5 Å². The van der Waals surface area contributed by atoms with Crippen LogP contribution in [0.5, 0.6) is 0 Å². The molecule has 3 rings (SSSR count). The van der Waals surface area contributed by atoms with Gasteiger partial charge in [0, 0.05) is 18.5 Å². The van der Waals surface area contributed by atoms with E-state index in [1.807, 2.05) is 24.3 Å². The second-order valence-corrected chi connectivity index (χ2v) is 5.54. The van der Waals surface area contributed by atoms with E-state index in [2.05, 4.69) is 29.3 Å². The molecule has 2 aromatic rings. The normalized spacial score (nSPS) is 17.9. The number of benzene rings is 1. The van der Waals surface area contributed by atoms with Crippen LogP contribution in [0, 0.1) is 5.92 Å². The topological polar surface area (TPSA) is 68.0 Å². The van der Waals surface area contributed by atoms with E-state index in [-0.39, 0.29) is 11.8 Å². The summed E-state index contributed by atoms with van der Waals surface area (Å²) >= 11 is 0. The zero-order valence-electron chi connectivity index (χ0n) is 11.6. The molecule has 0 saturated carbocycles. The van der Waals surface area contributed by atoms with E-state index in [4.69, 9.17) is 4.52 Å². The summed E-state index contributed by atoms with van der Waals surface area (Å²) < 4.78 is 5.37. The van der Waals surface area contributed by atoms with Gasteiger partial charge >= 0.3 is 0 Å². The number of aromatic nitrogens is 2. The highest BCUT2D eigenvalue weighted by molar-refractivity contribution is 5.95. The molecule has 0 saturated heterocycles. The molecule has 1 aliphatic rings. The minimum atomic E-state index is -0.145. The lowest BCUT2D eigenvalue weighted by Crippen LogP contribution is -2.23. The summed E-state index contributed by atoms with van der Waals surface area (Å²) in [4.78, 5) is 16.2. The van der Waals surface area contributed by atoms with Crippen molar-refractivity contribution in [3.63, 3.8) is 0 Å². The molecule has 1 atom stereocenters. The minimum Gasteiger partial charge on any atom is -0.339 e. The zero-order chi connectivity index (χ0) is 14.1. The molecule has 1 aromatic heterocycles. The van der Waals surface area contributed by atoms with Gasteiger partial charge in [-0.2, -0.15) is 4.98 Å². The Hall–Kier alpha value is -2.17. The van der Waals surface area contributed by atoms with E-state index in [1.165, 1.54) is 0 Å². The summed E-state index contributed by atoms with van der Waals surface area (Å²) in [6, 6.07) is 7.74. The first-order valence-corrected chi connectivity index (χ1v) is 6.84. The van der Waals surface area contributed by atoms with Gasteiger partial charge in [0.15, 0.2) is 5.82 Å². The van der Waals surface area contributed by atoms with Crippen molar-refractivity contribution in [2.24, 2.45) is 5.92 Å². The van der Waals surface area contributed by atoms with Gasteiger partial charge in [0.1, 0.15) is 0 Å². The number of anilines is 1. The van der Waals surface area contributed by atoms with Crippen LogP contribution < -0.4 is 5.32 Å². The third-order valence-electron chi connectivity index (χ3n) is 3.37. The Labute approximate surface area is 117 Å². The molecule has 0 radical (unpaired) electrons. The summed E-state index contributed by atoms with van der Waals surface area (Å²) in [7, 11) is 0. The van der Waals surface area contributed by atoms with Gasteiger partial charge in [-0.15, -0.1) is 0 Å². The summed E-state index contributed by atoms with van der Waals surface area (Å²) in [5.74, 6) is 1.55. The number of nitrogens with one attached hydrogen (secondary N) is 1. The summed E-state index contributed by atoms with van der Waals surface area (Å²) in [5.41, 5.74) is 1.87. The molecule has 20 heavy (non-hydrogen) atoms. The minimum absolute atomic E-state index is 0.0164. The maximum Gasteiger partial charge on any atom is 0.234 e. The standard InChI is InChI=1S/C15H17N3O2/c1-9(2)7-13-17-15(20-18-13)11-8-14(19)16-12-6-4-3-5-10(11)12/h3-6,9,11H,7-8H2,1-2H3,(H,16,19)/t11-/m0/s1. The number of fused-ring (bicyclic) bond motifs is 1. The molecule has 1 amide bonds. The molecule has 104 valence electrons. The van der Waals surface area contributed by atoms with Crippen molar-refractivity contribution in [2.75, 3.05) is 5.32 Å². The van der Waals surface area contributed by atoms with Crippen LogP contribution in [0.2, 0.25) is 0 Å². The maximum absolute atomic E-state index is 11.8. The Morgan fingerprint density at radius 3 is 3.00 bits per heavy atom. The van der Waals surface area contributed by atoms with Gasteiger partial charge in [0.05, 0.1) is 5.92 Å². The van der Waals surface area contributed by atoms with Gasteiger partial charge in [-0.25, -0.2) is 0 Å². The molecule has 0 spiro atoms. The molecule has 0 fully saturated rings. The van der Waals surface area contributed by atoms with Crippen molar-refractivity contribution >= 4 is 11.6 Å². The van der Waals surface area contributed by atoms with E-state index in [0.717, 1.165) is 17.7 Å². The fourth-order valence-corrected chi connectivity index (χ4v) is 2.49. The van der Waals surface area contributed by atoms with E-state index in [0.29, 0.717) is 24.1 Å². The van der Waals surface area contributed by atoms with Crippen LogP contribution in [-0.4, -0.2) is 16.0 Å². The first-order chi connectivity index (χ1) is 9.63. The third kappa shape index (κ3) is 2.43. The van der Waals surface area contributed by atoms with E-state index in [1.54, 1.807) is 0 Å². The lowest BCUT2D eigenvalue weighted by Gasteiger charge is -2.22. The first kappa shape index (κ1) is 12.8. The fourth-order valence-electron chi connectivity index (χ4n) is 2.49. The van der Waals surface area contributed by atoms with Crippen molar-refractivity contribution in [1.82, 2.24) is 10.1 Å². The average Bonchev–Trinajstić information content (AvgIpc) is 2.85. The van der Waals surface area contributed by atoms with Crippen LogP contribution in [0.1, 0.15) is 43.5 Å². The second-order valence-electron chi connectivity index (χ2n) is 5.54. The Morgan fingerprint density at radius 1 is 1.40 bits per heavy atom. The molecule has 1 N–H and O–H groups in total.